The average molecular weight is 213 g/mol. The van der Waals surface area contributed by atoms with Crippen LogP contribution in [0.3, 0.4) is 0 Å². The van der Waals surface area contributed by atoms with E-state index in [9.17, 15) is 0 Å². The fourth-order valence-corrected chi connectivity index (χ4v) is 1.88. The lowest BCUT2D eigenvalue weighted by Gasteiger charge is -2.05. The first kappa shape index (κ1) is 13.8. The Bertz CT molecular complexity index is 204. The Hall–Kier alpha value is -0.240. The standard InChI is InChI=1S/C12H23NS/c1-6-7-12(9-14-5)13-11(4)8-10(2)3/h7,10H,6,8-9H2,1-5H3/b12-7-,13-11?. The van der Waals surface area contributed by atoms with Gasteiger partial charge in [-0.05, 0) is 31.9 Å². The molecule has 0 atom stereocenters. The molecule has 0 spiro atoms. The fourth-order valence-electron chi connectivity index (χ4n) is 1.40. The third kappa shape index (κ3) is 7.19. The Labute approximate surface area is 93.1 Å². The molecule has 0 aromatic rings. The zero-order valence-corrected chi connectivity index (χ0v) is 10.9. The zero-order chi connectivity index (χ0) is 11.0. The highest BCUT2D eigenvalue weighted by atomic mass is 32.2. The number of aliphatic imine (C=N–C) groups is 1. The van der Waals surface area contributed by atoms with E-state index < -0.39 is 0 Å². The number of thioether (sulfide) groups is 1. The van der Waals surface area contributed by atoms with E-state index in [1.807, 2.05) is 11.8 Å². The summed E-state index contributed by atoms with van der Waals surface area (Å²) in [6.45, 7) is 8.76. The molecule has 0 aromatic heterocycles. The summed E-state index contributed by atoms with van der Waals surface area (Å²) in [6, 6.07) is 0. The van der Waals surface area contributed by atoms with Gasteiger partial charge >= 0.3 is 0 Å². The number of nitrogens with zero attached hydrogens (tertiary/aromatic N) is 1. The van der Waals surface area contributed by atoms with Gasteiger partial charge in [0.05, 0.1) is 0 Å². The summed E-state index contributed by atoms with van der Waals surface area (Å²) < 4.78 is 0. The predicted molar refractivity (Wildman–Crippen MR) is 69.3 cm³/mol. The quantitative estimate of drug-likeness (QED) is 0.604. The molecule has 2 heteroatoms. The third-order valence-corrected chi connectivity index (χ3v) is 2.35. The Morgan fingerprint density at radius 3 is 2.50 bits per heavy atom. The first-order valence-electron chi connectivity index (χ1n) is 5.32. The lowest BCUT2D eigenvalue weighted by Crippen LogP contribution is -1.99. The van der Waals surface area contributed by atoms with Gasteiger partial charge in [-0.25, -0.2) is 0 Å². The van der Waals surface area contributed by atoms with Crippen molar-refractivity contribution < 1.29 is 0 Å². The van der Waals surface area contributed by atoms with Crippen molar-refractivity contribution in [1.82, 2.24) is 0 Å². The van der Waals surface area contributed by atoms with Crippen LogP contribution in [0.2, 0.25) is 0 Å². The van der Waals surface area contributed by atoms with Crippen LogP contribution in [0.25, 0.3) is 0 Å². The van der Waals surface area contributed by atoms with Crippen LogP contribution >= 0.6 is 11.8 Å². The highest BCUT2D eigenvalue weighted by Gasteiger charge is 1.99. The largest absolute Gasteiger partial charge is 0.262 e. The second-order valence-corrected chi connectivity index (χ2v) is 4.85. The van der Waals surface area contributed by atoms with E-state index in [1.54, 1.807) is 0 Å². The molecule has 0 fully saturated rings. The molecule has 0 rings (SSSR count). The van der Waals surface area contributed by atoms with Gasteiger partial charge in [-0.3, -0.25) is 4.99 Å². The summed E-state index contributed by atoms with van der Waals surface area (Å²) in [6.07, 6.45) is 6.53. The molecule has 0 aliphatic heterocycles. The maximum atomic E-state index is 4.65. The molecule has 0 saturated carbocycles. The van der Waals surface area contributed by atoms with E-state index >= 15 is 0 Å². The summed E-state index contributed by atoms with van der Waals surface area (Å²) >= 11 is 1.84. The molecule has 14 heavy (non-hydrogen) atoms. The summed E-state index contributed by atoms with van der Waals surface area (Å²) in [5, 5.41) is 0. The first-order valence-corrected chi connectivity index (χ1v) is 6.71. The molecule has 0 heterocycles. The van der Waals surface area contributed by atoms with Crippen molar-refractivity contribution in [3.63, 3.8) is 0 Å². The van der Waals surface area contributed by atoms with Gasteiger partial charge in [-0.1, -0.05) is 26.8 Å². The second kappa shape index (κ2) is 8.10. The average Bonchev–Trinajstić information content (AvgIpc) is 2.03. The molecule has 82 valence electrons. The molecule has 0 aliphatic carbocycles. The van der Waals surface area contributed by atoms with Crippen LogP contribution < -0.4 is 0 Å². The van der Waals surface area contributed by atoms with Crippen molar-refractivity contribution in [2.75, 3.05) is 12.0 Å². The number of hydrogen-bond donors (Lipinski definition) is 0. The first-order chi connectivity index (χ1) is 6.60. The Morgan fingerprint density at radius 1 is 1.43 bits per heavy atom. The van der Waals surface area contributed by atoms with Crippen molar-refractivity contribution in [3.8, 4) is 0 Å². The third-order valence-electron chi connectivity index (χ3n) is 1.77. The van der Waals surface area contributed by atoms with Crippen molar-refractivity contribution in [2.24, 2.45) is 10.9 Å². The molecule has 0 unspecified atom stereocenters. The summed E-state index contributed by atoms with van der Waals surface area (Å²) in [5.41, 5.74) is 2.49. The number of hydrogen-bond acceptors (Lipinski definition) is 2. The van der Waals surface area contributed by atoms with Crippen LogP contribution in [0.4, 0.5) is 0 Å². The van der Waals surface area contributed by atoms with Crippen LogP contribution in [0.5, 0.6) is 0 Å². The molecule has 0 aromatic carbocycles. The van der Waals surface area contributed by atoms with Gasteiger partial charge in [0.2, 0.25) is 0 Å². The highest BCUT2D eigenvalue weighted by molar-refractivity contribution is 7.98. The lowest BCUT2D eigenvalue weighted by molar-refractivity contribution is 0.682. The molecule has 0 amide bonds. The minimum atomic E-state index is 0.705. The van der Waals surface area contributed by atoms with Gasteiger partial charge < -0.3 is 0 Å². The van der Waals surface area contributed by atoms with E-state index in [4.69, 9.17) is 0 Å². The van der Waals surface area contributed by atoms with Gasteiger partial charge in [0.25, 0.3) is 0 Å². The van der Waals surface area contributed by atoms with Crippen LogP contribution in [0.15, 0.2) is 16.8 Å². The Kier molecular flexibility index (Phi) is 7.96. The summed E-state index contributed by atoms with van der Waals surface area (Å²) in [4.78, 5) is 4.65. The van der Waals surface area contributed by atoms with Crippen LogP contribution in [0.1, 0.15) is 40.5 Å². The van der Waals surface area contributed by atoms with Crippen molar-refractivity contribution >= 4 is 17.5 Å². The highest BCUT2D eigenvalue weighted by Crippen LogP contribution is 2.10. The molecule has 0 aliphatic rings. The SMILES string of the molecule is CC/C=C(/CSC)N=C(C)CC(C)C. The topological polar surface area (TPSA) is 12.4 Å². The van der Waals surface area contributed by atoms with E-state index in [0.717, 1.165) is 18.6 Å². The minimum Gasteiger partial charge on any atom is -0.262 e. The Balaban J connectivity index is 4.31. The molecular formula is C12H23NS. The molecular weight excluding hydrogens is 190 g/mol. The molecule has 0 saturated heterocycles. The predicted octanol–water partition coefficient (Wildman–Crippen LogP) is 4.15. The molecule has 0 radical (unpaired) electrons. The van der Waals surface area contributed by atoms with Crippen molar-refractivity contribution in [1.29, 1.82) is 0 Å². The summed E-state index contributed by atoms with van der Waals surface area (Å²) in [5.74, 6) is 1.74. The fraction of sp³-hybridized carbons (Fsp3) is 0.750. The van der Waals surface area contributed by atoms with Gasteiger partial charge in [0.15, 0.2) is 0 Å². The van der Waals surface area contributed by atoms with Crippen LogP contribution in [-0.4, -0.2) is 17.7 Å². The van der Waals surface area contributed by atoms with E-state index in [2.05, 4.69) is 45.0 Å². The van der Waals surface area contributed by atoms with Gasteiger partial charge in [0, 0.05) is 17.2 Å². The number of rotatable bonds is 6. The smallest absolute Gasteiger partial charge is 0.0461 e. The Morgan fingerprint density at radius 2 is 2.07 bits per heavy atom. The van der Waals surface area contributed by atoms with Crippen LogP contribution in [-0.2, 0) is 0 Å². The monoisotopic (exact) mass is 213 g/mol. The molecule has 1 nitrogen and oxygen atoms in total. The second-order valence-electron chi connectivity index (χ2n) is 3.98. The molecule has 0 bridgehead atoms. The van der Waals surface area contributed by atoms with Crippen molar-refractivity contribution in [2.45, 2.75) is 40.5 Å². The summed E-state index contributed by atoms with van der Waals surface area (Å²) in [7, 11) is 0. The van der Waals surface area contributed by atoms with Crippen LogP contribution in [0, 0.1) is 5.92 Å². The van der Waals surface area contributed by atoms with E-state index in [1.165, 1.54) is 11.4 Å². The number of allylic oxidation sites excluding steroid dienone is 1. The van der Waals surface area contributed by atoms with Gasteiger partial charge in [0.1, 0.15) is 0 Å². The molecule has 0 N–H and O–H groups in total. The minimum absolute atomic E-state index is 0.705. The van der Waals surface area contributed by atoms with Gasteiger partial charge in [-0.2, -0.15) is 11.8 Å². The van der Waals surface area contributed by atoms with Gasteiger partial charge in [-0.15, -0.1) is 0 Å². The normalized spacial score (nSPS) is 13.9. The zero-order valence-electron chi connectivity index (χ0n) is 10.1. The van der Waals surface area contributed by atoms with Crippen molar-refractivity contribution in [3.05, 3.63) is 11.8 Å². The van der Waals surface area contributed by atoms with E-state index in [-0.39, 0.29) is 0 Å². The maximum absolute atomic E-state index is 4.65. The lowest BCUT2D eigenvalue weighted by atomic mass is 10.1. The van der Waals surface area contributed by atoms with E-state index in [0.29, 0.717) is 5.92 Å². The maximum Gasteiger partial charge on any atom is 0.0461 e.